The summed E-state index contributed by atoms with van der Waals surface area (Å²) in [5, 5.41) is 12.8. The van der Waals surface area contributed by atoms with Crippen LogP contribution in [-0.2, 0) is 6.42 Å². The third-order valence-electron chi connectivity index (χ3n) is 3.48. The largest absolute Gasteiger partial charge is 0.394 e. The van der Waals surface area contributed by atoms with Gasteiger partial charge in [-0.15, -0.1) is 0 Å². The van der Waals surface area contributed by atoms with Crippen molar-refractivity contribution in [1.29, 1.82) is 0 Å². The van der Waals surface area contributed by atoms with E-state index in [0.29, 0.717) is 13.0 Å². The molecule has 0 aliphatic carbocycles. The number of hydrogen-bond acceptors (Lipinski definition) is 2. The van der Waals surface area contributed by atoms with Gasteiger partial charge in [0, 0.05) is 18.1 Å². The number of nitrogens with zero attached hydrogens (tertiary/aromatic N) is 1. The number of rotatable bonds is 4. The van der Waals surface area contributed by atoms with Crippen LogP contribution in [0.15, 0.2) is 24.3 Å². The molecule has 1 aliphatic heterocycles. The third kappa shape index (κ3) is 3.61. The molecule has 2 N–H and O–H groups in total. The zero-order valence-corrected chi connectivity index (χ0v) is 11.6. The minimum atomic E-state index is -0.0939. The van der Waals surface area contributed by atoms with Crippen molar-refractivity contribution < 1.29 is 9.90 Å². The van der Waals surface area contributed by atoms with Gasteiger partial charge in [-0.3, -0.25) is 0 Å². The van der Waals surface area contributed by atoms with Crippen LogP contribution in [0.25, 0.3) is 0 Å². The fraction of sp³-hybridized carbons (Fsp3) is 0.500. The van der Waals surface area contributed by atoms with Crippen molar-refractivity contribution in [1.82, 2.24) is 10.2 Å². The number of aliphatic hydroxyl groups is 1. The van der Waals surface area contributed by atoms with Crippen LogP contribution in [0.2, 0.25) is 5.02 Å². The Bertz CT molecular complexity index is 439. The van der Waals surface area contributed by atoms with Crippen LogP contribution in [0, 0.1) is 0 Å². The molecule has 0 radical (unpaired) electrons. The highest BCUT2D eigenvalue weighted by Crippen LogP contribution is 2.17. The SMILES string of the molecule is O=C(NCCc1ccccc1Cl)N1CCC[C@H]1CO. The average Bonchev–Trinajstić information content (AvgIpc) is 2.89. The lowest BCUT2D eigenvalue weighted by atomic mass is 10.1. The van der Waals surface area contributed by atoms with Crippen molar-refractivity contribution in [3.63, 3.8) is 0 Å². The highest BCUT2D eigenvalue weighted by Gasteiger charge is 2.27. The molecular weight excluding hydrogens is 264 g/mol. The number of urea groups is 1. The number of likely N-dealkylation sites (tertiary alicyclic amines) is 1. The zero-order chi connectivity index (χ0) is 13.7. The number of carbonyl (C=O) groups excluding carboxylic acids is 1. The minimum Gasteiger partial charge on any atom is -0.394 e. The van der Waals surface area contributed by atoms with E-state index in [1.54, 1.807) is 4.90 Å². The van der Waals surface area contributed by atoms with Crippen molar-refractivity contribution in [2.45, 2.75) is 25.3 Å². The molecule has 1 saturated heterocycles. The van der Waals surface area contributed by atoms with E-state index in [1.165, 1.54) is 0 Å². The number of halogens is 1. The average molecular weight is 283 g/mol. The summed E-state index contributed by atoms with van der Waals surface area (Å²) in [6, 6.07) is 7.51. The lowest BCUT2D eigenvalue weighted by Gasteiger charge is -2.23. The van der Waals surface area contributed by atoms with Gasteiger partial charge in [0.2, 0.25) is 0 Å². The summed E-state index contributed by atoms with van der Waals surface area (Å²) < 4.78 is 0. The van der Waals surface area contributed by atoms with E-state index in [2.05, 4.69) is 5.32 Å². The second kappa shape index (κ2) is 6.78. The van der Waals surface area contributed by atoms with Crippen molar-refractivity contribution in [2.24, 2.45) is 0 Å². The molecule has 104 valence electrons. The summed E-state index contributed by atoms with van der Waals surface area (Å²) in [5.41, 5.74) is 1.03. The first-order chi connectivity index (χ1) is 9.22. The molecule has 0 saturated carbocycles. The molecule has 0 aromatic heterocycles. The number of carbonyl (C=O) groups is 1. The van der Waals surface area contributed by atoms with Gasteiger partial charge in [0.1, 0.15) is 0 Å². The summed E-state index contributed by atoms with van der Waals surface area (Å²) >= 11 is 6.06. The summed E-state index contributed by atoms with van der Waals surface area (Å²) in [4.78, 5) is 13.7. The van der Waals surface area contributed by atoms with E-state index < -0.39 is 0 Å². The van der Waals surface area contributed by atoms with Crippen molar-refractivity contribution in [3.8, 4) is 0 Å². The van der Waals surface area contributed by atoms with Gasteiger partial charge in [-0.1, -0.05) is 29.8 Å². The Kier molecular flexibility index (Phi) is 5.05. The molecule has 1 aliphatic rings. The summed E-state index contributed by atoms with van der Waals surface area (Å²) in [6.45, 7) is 1.32. The number of amides is 2. The molecule has 1 heterocycles. The number of aliphatic hydroxyl groups excluding tert-OH is 1. The topological polar surface area (TPSA) is 52.6 Å². The first-order valence-corrected chi connectivity index (χ1v) is 6.99. The smallest absolute Gasteiger partial charge is 0.317 e. The van der Waals surface area contributed by atoms with Crippen LogP contribution in [0.1, 0.15) is 18.4 Å². The van der Waals surface area contributed by atoms with Crippen molar-refractivity contribution in [2.75, 3.05) is 19.7 Å². The Labute approximate surface area is 118 Å². The molecular formula is C14H19ClN2O2. The predicted molar refractivity (Wildman–Crippen MR) is 75.4 cm³/mol. The maximum Gasteiger partial charge on any atom is 0.317 e. The Hall–Kier alpha value is -1.26. The van der Waals surface area contributed by atoms with E-state index in [4.69, 9.17) is 11.6 Å². The molecule has 5 heteroatoms. The molecule has 1 fully saturated rings. The Morgan fingerprint density at radius 1 is 1.47 bits per heavy atom. The van der Waals surface area contributed by atoms with E-state index >= 15 is 0 Å². The van der Waals surface area contributed by atoms with Crippen LogP contribution in [0.5, 0.6) is 0 Å². The molecule has 0 spiro atoms. The van der Waals surface area contributed by atoms with Crippen LogP contribution in [0.3, 0.4) is 0 Å². The lowest BCUT2D eigenvalue weighted by molar-refractivity contribution is 0.157. The maximum atomic E-state index is 12.0. The maximum absolute atomic E-state index is 12.0. The number of benzene rings is 1. The van der Waals surface area contributed by atoms with Gasteiger partial charge in [-0.25, -0.2) is 4.79 Å². The summed E-state index contributed by atoms with van der Waals surface area (Å²) in [7, 11) is 0. The van der Waals surface area contributed by atoms with Crippen LogP contribution in [0.4, 0.5) is 4.79 Å². The standard InChI is InChI=1S/C14H19ClN2O2/c15-13-6-2-1-4-11(13)7-8-16-14(19)17-9-3-5-12(17)10-18/h1-2,4,6,12,18H,3,5,7-10H2,(H,16,19)/t12-/m0/s1. The summed E-state index contributed by atoms with van der Waals surface area (Å²) in [6.07, 6.45) is 2.56. The molecule has 4 nitrogen and oxygen atoms in total. The quantitative estimate of drug-likeness (QED) is 0.888. The Balaban J connectivity index is 1.80. The number of hydrogen-bond donors (Lipinski definition) is 2. The zero-order valence-electron chi connectivity index (χ0n) is 10.8. The van der Waals surface area contributed by atoms with Gasteiger partial charge < -0.3 is 15.3 Å². The third-order valence-corrected chi connectivity index (χ3v) is 3.85. The van der Waals surface area contributed by atoms with Gasteiger partial charge in [-0.05, 0) is 30.9 Å². The second-order valence-electron chi connectivity index (χ2n) is 4.75. The second-order valence-corrected chi connectivity index (χ2v) is 5.15. The molecule has 1 aromatic carbocycles. The normalized spacial score (nSPS) is 18.6. The van der Waals surface area contributed by atoms with Gasteiger partial charge in [0.05, 0.1) is 12.6 Å². The fourth-order valence-electron chi connectivity index (χ4n) is 2.40. The molecule has 19 heavy (non-hydrogen) atoms. The van der Waals surface area contributed by atoms with E-state index in [-0.39, 0.29) is 18.7 Å². The van der Waals surface area contributed by atoms with Crippen LogP contribution in [-0.4, -0.2) is 41.8 Å². The monoisotopic (exact) mass is 282 g/mol. The van der Waals surface area contributed by atoms with E-state index in [1.807, 2.05) is 24.3 Å². The van der Waals surface area contributed by atoms with Crippen LogP contribution >= 0.6 is 11.6 Å². The van der Waals surface area contributed by atoms with Gasteiger partial charge in [-0.2, -0.15) is 0 Å². The molecule has 0 bridgehead atoms. The van der Waals surface area contributed by atoms with Crippen molar-refractivity contribution in [3.05, 3.63) is 34.9 Å². The number of nitrogens with one attached hydrogen (secondary N) is 1. The molecule has 0 unspecified atom stereocenters. The van der Waals surface area contributed by atoms with Gasteiger partial charge in [0.25, 0.3) is 0 Å². The van der Waals surface area contributed by atoms with E-state index in [0.717, 1.165) is 30.0 Å². The minimum absolute atomic E-state index is 0.0275. The first kappa shape index (κ1) is 14.2. The highest BCUT2D eigenvalue weighted by molar-refractivity contribution is 6.31. The first-order valence-electron chi connectivity index (χ1n) is 6.61. The van der Waals surface area contributed by atoms with Crippen molar-refractivity contribution >= 4 is 17.6 Å². The summed E-state index contributed by atoms with van der Waals surface area (Å²) in [5.74, 6) is 0. The van der Waals surface area contributed by atoms with E-state index in [9.17, 15) is 9.90 Å². The van der Waals surface area contributed by atoms with Gasteiger partial charge >= 0.3 is 6.03 Å². The Morgan fingerprint density at radius 2 is 2.26 bits per heavy atom. The molecule has 1 aromatic rings. The van der Waals surface area contributed by atoms with Gasteiger partial charge in [0.15, 0.2) is 0 Å². The Morgan fingerprint density at radius 3 is 3.00 bits per heavy atom. The molecule has 2 rings (SSSR count). The molecule has 1 atom stereocenters. The predicted octanol–water partition coefficient (Wildman–Crippen LogP) is 2.05. The lowest BCUT2D eigenvalue weighted by Crippen LogP contribution is -2.44. The fourth-order valence-corrected chi connectivity index (χ4v) is 2.63. The highest BCUT2D eigenvalue weighted by atomic mass is 35.5. The van der Waals surface area contributed by atoms with Crippen LogP contribution < -0.4 is 5.32 Å². The molecule has 2 amide bonds.